The van der Waals surface area contributed by atoms with E-state index in [9.17, 15) is 24.8 Å². The molecule has 2 amide bonds. The number of nitro benzene ring substituents is 1. The highest BCUT2D eigenvalue weighted by molar-refractivity contribution is 6.91. The summed E-state index contributed by atoms with van der Waals surface area (Å²) in [7, 11) is -0.925. The fourth-order valence-electron chi connectivity index (χ4n) is 9.67. The van der Waals surface area contributed by atoms with Gasteiger partial charge in [-0.3, -0.25) is 34.1 Å². The third-order valence-electron chi connectivity index (χ3n) is 12.7. The highest BCUT2D eigenvalue weighted by Gasteiger charge is 2.66. The van der Waals surface area contributed by atoms with Crippen molar-refractivity contribution >= 4 is 48.1 Å². The minimum Gasteiger partial charge on any atom is -0.497 e. The summed E-state index contributed by atoms with van der Waals surface area (Å²) in [5.41, 5.74) is 2.01. The first kappa shape index (κ1) is 41.5. The van der Waals surface area contributed by atoms with Gasteiger partial charge < -0.3 is 24.2 Å². The summed E-state index contributed by atoms with van der Waals surface area (Å²) in [5, 5.41) is 32.6. The van der Waals surface area contributed by atoms with E-state index in [4.69, 9.17) is 14.2 Å². The number of aryl methyl sites for hydroxylation is 1. The molecule has 2 saturated heterocycles. The summed E-state index contributed by atoms with van der Waals surface area (Å²) in [5.74, 6) is -1.000. The van der Waals surface area contributed by atoms with E-state index < -0.39 is 42.8 Å². The molecular formula is C45H48N6O9Si. The third-order valence-corrected chi connectivity index (χ3v) is 17.1. The molecule has 1 aromatic heterocycles. The van der Waals surface area contributed by atoms with E-state index in [0.29, 0.717) is 35.6 Å². The van der Waals surface area contributed by atoms with Gasteiger partial charge in [-0.25, -0.2) is 0 Å². The summed E-state index contributed by atoms with van der Waals surface area (Å²) in [6, 6.07) is 29.3. The zero-order chi connectivity index (χ0) is 43.2. The van der Waals surface area contributed by atoms with E-state index in [1.54, 1.807) is 34.9 Å². The first-order valence-corrected chi connectivity index (χ1v) is 23.4. The zero-order valence-corrected chi connectivity index (χ0v) is 35.6. The lowest BCUT2D eigenvalue weighted by atomic mass is 9.82. The Morgan fingerprint density at radius 1 is 1.05 bits per heavy atom. The summed E-state index contributed by atoms with van der Waals surface area (Å²) < 4.78 is 19.7. The summed E-state index contributed by atoms with van der Waals surface area (Å²) in [6.45, 7) is 8.27. The van der Waals surface area contributed by atoms with E-state index in [1.165, 1.54) is 24.0 Å². The molecule has 2 unspecified atom stereocenters. The number of nitrogens with zero attached hydrogens (tertiary/aromatic N) is 6. The van der Waals surface area contributed by atoms with Crippen LogP contribution in [0, 0.1) is 16.0 Å². The number of anilines is 2. The molecule has 16 heteroatoms. The van der Waals surface area contributed by atoms with Crippen LogP contribution in [0.5, 0.6) is 5.75 Å². The molecule has 5 aromatic rings. The molecule has 4 heterocycles. The van der Waals surface area contributed by atoms with Crippen LogP contribution < -0.4 is 19.7 Å². The number of aromatic nitrogens is 3. The Morgan fingerprint density at radius 2 is 1.77 bits per heavy atom. The molecule has 1 spiro atoms. The number of hydrogen-bond acceptors (Lipinski definition) is 11. The van der Waals surface area contributed by atoms with Crippen molar-refractivity contribution in [1.82, 2.24) is 15.0 Å². The number of amides is 2. The van der Waals surface area contributed by atoms with Gasteiger partial charge >= 0.3 is 5.97 Å². The van der Waals surface area contributed by atoms with Gasteiger partial charge in [-0.2, -0.15) is 0 Å². The molecule has 6 atom stereocenters. The van der Waals surface area contributed by atoms with Crippen molar-refractivity contribution in [2.45, 2.75) is 82.3 Å². The van der Waals surface area contributed by atoms with Gasteiger partial charge in [0.1, 0.15) is 5.75 Å². The van der Waals surface area contributed by atoms with Crippen molar-refractivity contribution in [3.63, 3.8) is 0 Å². The summed E-state index contributed by atoms with van der Waals surface area (Å²) in [4.78, 5) is 54.3. The standard InChI is InChI=1S/C45H48N6O9Si/c1-28-43(61(4,5)35-18-16-34(58-3)17-19-35)40(21-22-48-26-38(46-47-48)36(27-52)31-9-7-6-8-10-31)60-45(28)37-23-33(51(56)57)15-20-39(37)49(44(45)55)25-30-11-13-32(14-12-30)50-41(54)24-42(50)59-29(2)53/h6-20,23,26,28,36,40,42-43,52H,21-22,24-25,27H2,1-5H3/t28-,36?,40+,42?,43-,45+/m1/s1. The lowest BCUT2D eigenvalue weighted by molar-refractivity contribution is -0.385. The molecule has 8 rings (SSSR count). The van der Waals surface area contributed by atoms with Crippen molar-refractivity contribution in [2.24, 2.45) is 5.92 Å². The predicted octanol–water partition coefficient (Wildman–Crippen LogP) is 5.80. The van der Waals surface area contributed by atoms with Gasteiger partial charge in [0.15, 0.2) is 11.8 Å². The fourth-order valence-corrected chi connectivity index (χ4v) is 13.7. The Morgan fingerprint density at radius 3 is 2.41 bits per heavy atom. The first-order chi connectivity index (χ1) is 29.3. The maximum absolute atomic E-state index is 15.3. The lowest BCUT2D eigenvalue weighted by Crippen LogP contribution is -2.54. The highest BCUT2D eigenvalue weighted by atomic mass is 28.3. The Kier molecular flexibility index (Phi) is 11.1. The number of aliphatic hydroxyl groups excluding tert-OH is 1. The second-order valence-corrected chi connectivity index (χ2v) is 21.2. The Labute approximate surface area is 354 Å². The van der Waals surface area contributed by atoms with E-state index in [0.717, 1.165) is 22.1 Å². The number of methoxy groups -OCH3 is 1. The topological polar surface area (TPSA) is 179 Å². The van der Waals surface area contributed by atoms with E-state index in [1.807, 2.05) is 67.7 Å². The molecule has 0 saturated carbocycles. The number of nitro groups is 1. The van der Waals surface area contributed by atoms with Crippen LogP contribution in [0.2, 0.25) is 18.6 Å². The number of esters is 1. The van der Waals surface area contributed by atoms with Crippen LogP contribution >= 0.6 is 0 Å². The number of β-lactam (4-membered cyclic amide) rings is 1. The molecule has 3 aliphatic heterocycles. The number of hydrogen-bond donors (Lipinski definition) is 1. The maximum atomic E-state index is 15.3. The van der Waals surface area contributed by atoms with Crippen molar-refractivity contribution < 1.29 is 38.6 Å². The highest BCUT2D eigenvalue weighted by Crippen LogP contribution is 2.60. The van der Waals surface area contributed by atoms with Crippen LogP contribution in [-0.2, 0) is 42.5 Å². The number of fused-ring (bicyclic) bond motifs is 2. The van der Waals surface area contributed by atoms with Gasteiger partial charge in [0.25, 0.3) is 11.6 Å². The van der Waals surface area contributed by atoms with Crippen LogP contribution in [0.4, 0.5) is 17.1 Å². The molecule has 316 valence electrons. The fraction of sp³-hybridized carbons (Fsp3) is 0.356. The number of ether oxygens (including phenoxy) is 3. The van der Waals surface area contributed by atoms with Gasteiger partial charge in [-0.15, -0.1) is 5.10 Å². The molecule has 0 aliphatic carbocycles. The lowest BCUT2D eigenvalue weighted by Gasteiger charge is -2.39. The van der Waals surface area contributed by atoms with Gasteiger partial charge in [-0.05, 0) is 53.4 Å². The van der Waals surface area contributed by atoms with E-state index in [-0.39, 0.29) is 48.5 Å². The van der Waals surface area contributed by atoms with Crippen molar-refractivity contribution in [3.05, 3.63) is 136 Å². The maximum Gasteiger partial charge on any atom is 0.304 e. The van der Waals surface area contributed by atoms with Crippen LogP contribution in [0.25, 0.3) is 0 Å². The SMILES string of the molecule is COc1ccc([Si](C)(C)[C@H]2[C@H](CCn3cc(C(CO)c4ccccc4)nn3)O[C@@]3(C(=O)N(Cc4ccc(N5C(=O)CC5OC(C)=O)cc4)c4ccc([N+](=O)[O-])cc43)[C@@H]2C)cc1. The minimum atomic E-state index is -2.55. The van der Waals surface area contributed by atoms with Gasteiger partial charge in [-0.1, -0.05) is 85.0 Å². The third kappa shape index (κ3) is 7.38. The van der Waals surface area contributed by atoms with Crippen molar-refractivity contribution in [1.29, 1.82) is 0 Å². The van der Waals surface area contributed by atoms with Crippen LogP contribution in [-0.4, -0.2) is 76.9 Å². The molecule has 1 N–H and O–H groups in total. The Balaban J connectivity index is 1.14. The zero-order valence-electron chi connectivity index (χ0n) is 34.6. The van der Waals surface area contributed by atoms with Crippen molar-refractivity contribution in [2.75, 3.05) is 23.5 Å². The molecular weight excluding hydrogens is 797 g/mol. The van der Waals surface area contributed by atoms with Gasteiger partial charge in [0, 0.05) is 49.0 Å². The number of benzene rings is 4. The second-order valence-electron chi connectivity index (χ2n) is 16.5. The smallest absolute Gasteiger partial charge is 0.304 e. The molecule has 0 bridgehead atoms. The van der Waals surface area contributed by atoms with Crippen molar-refractivity contribution in [3.8, 4) is 5.75 Å². The van der Waals surface area contributed by atoms with Crippen LogP contribution in [0.1, 0.15) is 55.0 Å². The molecule has 3 aliphatic rings. The molecule has 61 heavy (non-hydrogen) atoms. The number of rotatable bonds is 14. The molecule has 0 radical (unpaired) electrons. The molecule has 2 fully saturated rings. The number of aliphatic hydroxyl groups is 1. The Bertz CT molecular complexity index is 2460. The largest absolute Gasteiger partial charge is 0.497 e. The molecule has 4 aromatic carbocycles. The molecule has 15 nitrogen and oxygen atoms in total. The second kappa shape index (κ2) is 16.3. The van der Waals surface area contributed by atoms with Gasteiger partial charge in [0.2, 0.25) is 5.91 Å². The monoisotopic (exact) mass is 844 g/mol. The number of non-ortho nitro benzene ring substituents is 1. The average Bonchev–Trinajstić information content (AvgIpc) is 3.91. The average molecular weight is 845 g/mol. The Hall–Kier alpha value is -6.23. The van der Waals surface area contributed by atoms with Crippen LogP contribution in [0.3, 0.4) is 0 Å². The van der Waals surface area contributed by atoms with E-state index in [2.05, 4.69) is 35.5 Å². The first-order valence-electron chi connectivity index (χ1n) is 20.3. The van der Waals surface area contributed by atoms with Gasteiger partial charge in [0.05, 0.1) is 63.1 Å². The summed E-state index contributed by atoms with van der Waals surface area (Å²) in [6.07, 6.45) is 1.26. The predicted molar refractivity (Wildman–Crippen MR) is 228 cm³/mol. The minimum absolute atomic E-state index is 0.102. The summed E-state index contributed by atoms with van der Waals surface area (Å²) >= 11 is 0. The number of carbonyl (C=O) groups excluding carboxylic acids is 3. The van der Waals surface area contributed by atoms with E-state index >= 15 is 4.79 Å². The van der Waals surface area contributed by atoms with Crippen LogP contribution in [0.15, 0.2) is 103 Å². The quantitative estimate of drug-likeness (QED) is 0.0470. The number of carbonyl (C=O) groups is 3. The normalized spacial score (nSPS) is 22.6.